The molecule has 2 atom stereocenters. The minimum absolute atomic E-state index is 0.145. The number of para-hydroxylation sites is 1. The molecular weight excluding hydrogens is 228 g/mol. The van der Waals surface area contributed by atoms with E-state index in [2.05, 4.69) is 0 Å². The van der Waals surface area contributed by atoms with E-state index < -0.39 is 0 Å². The van der Waals surface area contributed by atoms with Gasteiger partial charge in [0.15, 0.2) is 5.78 Å². The molecule has 2 heterocycles. The number of Topliss-reactive ketones (excluding diaryl/α,β-unsaturated/α-hetero) is 1. The summed E-state index contributed by atoms with van der Waals surface area (Å²) >= 11 is 0. The van der Waals surface area contributed by atoms with Gasteiger partial charge in [0.2, 0.25) is 0 Å². The molecule has 3 rings (SSSR count). The average molecular weight is 246 g/mol. The van der Waals surface area contributed by atoms with Gasteiger partial charge in [-0.25, -0.2) is 0 Å². The maximum atomic E-state index is 12.3. The van der Waals surface area contributed by atoms with E-state index in [1.165, 1.54) is 0 Å². The number of ether oxygens (including phenoxy) is 2. The second-order valence-electron chi connectivity index (χ2n) is 5.55. The van der Waals surface area contributed by atoms with Crippen LogP contribution in [-0.2, 0) is 4.74 Å². The van der Waals surface area contributed by atoms with Crippen molar-refractivity contribution < 1.29 is 14.3 Å². The number of fused-ring (bicyclic) bond motifs is 1. The van der Waals surface area contributed by atoms with Gasteiger partial charge in [-0.2, -0.15) is 0 Å². The molecule has 3 heteroatoms. The highest BCUT2D eigenvalue weighted by Crippen LogP contribution is 2.41. The fourth-order valence-electron chi connectivity index (χ4n) is 3.29. The van der Waals surface area contributed by atoms with Crippen molar-refractivity contribution in [2.45, 2.75) is 50.9 Å². The quantitative estimate of drug-likeness (QED) is 0.706. The first-order valence-corrected chi connectivity index (χ1v) is 6.55. The Labute approximate surface area is 107 Å². The van der Waals surface area contributed by atoms with Gasteiger partial charge in [0.25, 0.3) is 0 Å². The number of hydrogen-bond acceptors (Lipinski definition) is 3. The minimum atomic E-state index is -0.359. The Kier molecular flexibility index (Phi) is 2.67. The molecule has 1 fully saturated rings. The molecule has 0 N–H and O–H groups in total. The summed E-state index contributed by atoms with van der Waals surface area (Å²) in [5.74, 6) is 0.924. The molecule has 0 bridgehead atoms. The molecule has 2 aliphatic rings. The summed E-state index contributed by atoms with van der Waals surface area (Å²) in [6.07, 6.45) is 2.34. The zero-order valence-electron chi connectivity index (χ0n) is 10.8. The van der Waals surface area contributed by atoms with E-state index in [4.69, 9.17) is 9.47 Å². The fourth-order valence-corrected chi connectivity index (χ4v) is 3.29. The van der Waals surface area contributed by atoms with Crippen LogP contribution in [0, 0.1) is 0 Å². The van der Waals surface area contributed by atoms with E-state index in [0.717, 1.165) is 24.2 Å². The van der Waals surface area contributed by atoms with E-state index in [0.29, 0.717) is 6.42 Å². The number of carbonyl (C=O) groups excluding carboxylic acids is 1. The van der Waals surface area contributed by atoms with E-state index >= 15 is 0 Å². The van der Waals surface area contributed by atoms with Crippen LogP contribution in [0.5, 0.6) is 5.75 Å². The number of ketones is 1. The van der Waals surface area contributed by atoms with Crippen LogP contribution in [-0.4, -0.2) is 23.6 Å². The van der Waals surface area contributed by atoms with E-state index in [1.54, 1.807) is 0 Å². The summed E-state index contributed by atoms with van der Waals surface area (Å²) in [6.45, 7) is 4.09. The van der Waals surface area contributed by atoms with Crippen molar-refractivity contribution in [1.29, 1.82) is 0 Å². The zero-order chi connectivity index (χ0) is 12.8. The van der Waals surface area contributed by atoms with Gasteiger partial charge in [-0.05, 0) is 26.0 Å². The molecule has 1 aromatic carbocycles. The summed E-state index contributed by atoms with van der Waals surface area (Å²) in [7, 11) is 0. The van der Waals surface area contributed by atoms with Crippen molar-refractivity contribution in [1.82, 2.24) is 0 Å². The Morgan fingerprint density at radius 3 is 2.56 bits per heavy atom. The lowest BCUT2D eigenvalue weighted by atomic mass is 9.80. The SMILES string of the molecule is CC1CC2(CC(=O)c3ccccc3O2)CC(C)O1. The molecule has 96 valence electrons. The van der Waals surface area contributed by atoms with Crippen LogP contribution in [0.4, 0.5) is 0 Å². The van der Waals surface area contributed by atoms with Crippen LogP contribution in [0.3, 0.4) is 0 Å². The standard InChI is InChI=1S/C15H18O3/c1-10-7-15(8-11(2)17-10)9-13(16)12-5-3-4-6-14(12)18-15/h3-6,10-11H,7-9H2,1-2H3. The summed E-state index contributed by atoms with van der Waals surface area (Å²) < 4.78 is 11.9. The lowest BCUT2D eigenvalue weighted by Crippen LogP contribution is -2.50. The molecule has 0 aromatic heterocycles. The zero-order valence-corrected chi connectivity index (χ0v) is 10.8. The van der Waals surface area contributed by atoms with Crippen LogP contribution in [0.2, 0.25) is 0 Å². The van der Waals surface area contributed by atoms with Gasteiger partial charge in [-0.15, -0.1) is 0 Å². The highest BCUT2D eigenvalue weighted by molar-refractivity contribution is 6.00. The molecule has 18 heavy (non-hydrogen) atoms. The summed E-state index contributed by atoms with van der Waals surface area (Å²) in [5.41, 5.74) is 0.359. The monoisotopic (exact) mass is 246 g/mol. The van der Waals surface area contributed by atoms with Gasteiger partial charge in [0.05, 0.1) is 24.2 Å². The van der Waals surface area contributed by atoms with Crippen LogP contribution >= 0.6 is 0 Å². The van der Waals surface area contributed by atoms with Gasteiger partial charge >= 0.3 is 0 Å². The molecule has 0 radical (unpaired) electrons. The molecule has 0 aliphatic carbocycles. The topological polar surface area (TPSA) is 35.5 Å². The predicted molar refractivity (Wildman–Crippen MR) is 68.0 cm³/mol. The molecule has 1 saturated heterocycles. The summed E-state index contributed by atoms with van der Waals surface area (Å²) in [6, 6.07) is 7.53. The van der Waals surface area contributed by atoms with Crippen LogP contribution in [0.15, 0.2) is 24.3 Å². The minimum Gasteiger partial charge on any atom is -0.486 e. The lowest BCUT2D eigenvalue weighted by Gasteiger charge is -2.44. The van der Waals surface area contributed by atoms with Gasteiger partial charge < -0.3 is 9.47 Å². The molecule has 2 unspecified atom stereocenters. The van der Waals surface area contributed by atoms with Crippen LogP contribution in [0.25, 0.3) is 0 Å². The molecule has 0 amide bonds. The Balaban J connectivity index is 1.95. The second kappa shape index (κ2) is 4.09. The highest BCUT2D eigenvalue weighted by Gasteiger charge is 2.45. The van der Waals surface area contributed by atoms with Crippen molar-refractivity contribution in [2.24, 2.45) is 0 Å². The van der Waals surface area contributed by atoms with Gasteiger partial charge in [-0.1, -0.05) is 12.1 Å². The molecule has 0 saturated carbocycles. The largest absolute Gasteiger partial charge is 0.486 e. The number of rotatable bonds is 0. The molecule has 2 aliphatic heterocycles. The van der Waals surface area contributed by atoms with Gasteiger partial charge in [0.1, 0.15) is 11.4 Å². The van der Waals surface area contributed by atoms with E-state index in [-0.39, 0.29) is 23.6 Å². The number of hydrogen-bond donors (Lipinski definition) is 0. The van der Waals surface area contributed by atoms with E-state index in [9.17, 15) is 4.79 Å². The fraction of sp³-hybridized carbons (Fsp3) is 0.533. The third-order valence-corrected chi connectivity index (χ3v) is 3.78. The van der Waals surface area contributed by atoms with Crippen molar-refractivity contribution in [2.75, 3.05) is 0 Å². The van der Waals surface area contributed by atoms with Crippen molar-refractivity contribution >= 4 is 5.78 Å². The second-order valence-corrected chi connectivity index (χ2v) is 5.55. The van der Waals surface area contributed by atoms with Crippen molar-refractivity contribution in [3.05, 3.63) is 29.8 Å². The average Bonchev–Trinajstić information content (AvgIpc) is 2.26. The van der Waals surface area contributed by atoms with Crippen LogP contribution in [0.1, 0.15) is 43.5 Å². The maximum Gasteiger partial charge on any atom is 0.170 e. The summed E-state index contributed by atoms with van der Waals surface area (Å²) in [5, 5.41) is 0. The van der Waals surface area contributed by atoms with E-state index in [1.807, 2.05) is 38.1 Å². The van der Waals surface area contributed by atoms with Gasteiger partial charge in [0, 0.05) is 12.8 Å². The predicted octanol–water partition coefficient (Wildman–Crippen LogP) is 2.98. The first-order chi connectivity index (χ1) is 8.58. The summed E-state index contributed by atoms with van der Waals surface area (Å²) in [4.78, 5) is 12.3. The lowest BCUT2D eigenvalue weighted by molar-refractivity contribution is -0.120. The third kappa shape index (κ3) is 1.93. The van der Waals surface area contributed by atoms with Crippen molar-refractivity contribution in [3.63, 3.8) is 0 Å². The molecular formula is C15H18O3. The first kappa shape index (κ1) is 11.7. The highest BCUT2D eigenvalue weighted by atomic mass is 16.5. The molecule has 1 spiro atoms. The van der Waals surface area contributed by atoms with Gasteiger partial charge in [-0.3, -0.25) is 4.79 Å². The molecule has 1 aromatic rings. The first-order valence-electron chi connectivity index (χ1n) is 6.55. The Hall–Kier alpha value is -1.35. The number of benzene rings is 1. The normalized spacial score (nSPS) is 35.1. The number of carbonyl (C=O) groups is 1. The molecule has 3 nitrogen and oxygen atoms in total. The van der Waals surface area contributed by atoms with Crippen LogP contribution < -0.4 is 4.74 Å². The van der Waals surface area contributed by atoms with Crippen molar-refractivity contribution in [3.8, 4) is 5.75 Å². The Bertz CT molecular complexity index is 470. The maximum absolute atomic E-state index is 12.3. The third-order valence-electron chi connectivity index (χ3n) is 3.78. The smallest absolute Gasteiger partial charge is 0.170 e. The Morgan fingerprint density at radius 2 is 1.83 bits per heavy atom. The Morgan fingerprint density at radius 1 is 1.17 bits per heavy atom.